The lowest BCUT2D eigenvalue weighted by Crippen LogP contribution is -2.04. The van der Waals surface area contributed by atoms with Crippen molar-refractivity contribution in [2.45, 2.75) is 0 Å². The van der Waals surface area contributed by atoms with Crippen LogP contribution in [0.3, 0.4) is 0 Å². The number of benzene rings is 7. The number of fused-ring (bicyclic) bond motifs is 8. The van der Waals surface area contributed by atoms with Gasteiger partial charge in [0.15, 0.2) is 5.82 Å². The van der Waals surface area contributed by atoms with E-state index in [1.54, 1.807) is 0 Å². The summed E-state index contributed by atoms with van der Waals surface area (Å²) in [7, 11) is 0. The Labute approximate surface area is 268 Å². The molecule has 0 amide bonds. The third-order valence-electron chi connectivity index (χ3n) is 9.16. The van der Waals surface area contributed by atoms with Crippen LogP contribution in [0.25, 0.3) is 92.0 Å². The molecule has 0 saturated carbocycles. The molecule has 46 heavy (non-hydrogen) atoms. The SMILES string of the molecule is c1ccc(-c2ccc3c(c2)c2cc4ccccc4cc2n3-c2nc3ccccc3nc2-c2cccc3sc4ccccc4c23)cc1. The van der Waals surface area contributed by atoms with Gasteiger partial charge in [0.1, 0.15) is 5.69 Å². The summed E-state index contributed by atoms with van der Waals surface area (Å²) < 4.78 is 4.87. The lowest BCUT2D eigenvalue weighted by atomic mass is 10.0. The molecule has 0 aliphatic heterocycles. The van der Waals surface area contributed by atoms with Crippen LogP contribution in [0.5, 0.6) is 0 Å². The van der Waals surface area contributed by atoms with Gasteiger partial charge in [0, 0.05) is 36.5 Å². The maximum atomic E-state index is 5.43. The van der Waals surface area contributed by atoms with E-state index < -0.39 is 0 Å². The monoisotopic (exact) mass is 603 g/mol. The minimum atomic E-state index is 0.837. The van der Waals surface area contributed by atoms with E-state index in [9.17, 15) is 0 Å². The van der Waals surface area contributed by atoms with E-state index in [1.165, 1.54) is 52.8 Å². The second kappa shape index (κ2) is 9.83. The number of hydrogen-bond donors (Lipinski definition) is 0. The molecule has 4 heteroatoms. The van der Waals surface area contributed by atoms with Gasteiger partial charge in [-0.15, -0.1) is 11.3 Å². The van der Waals surface area contributed by atoms with Crippen molar-refractivity contribution >= 4 is 75.1 Å². The van der Waals surface area contributed by atoms with E-state index in [-0.39, 0.29) is 0 Å². The molecule has 3 heterocycles. The maximum absolute atomic E-state index is 5.43. The minimum Gasteiger partial charge on any atom is -0.292 e. The first-order valence-electron chi connectivity index (χ1n) is 15.5. The van der Waals surface area contributed by atoms with Crippen molar-refractivity contribution < 1.29 is 0 Å². The van der Waals surface area contributed by atoms with Gasteiger partial charge in [-0.3, -0.25) is 4.57 Å². The molecule has 0 aliphatic rings. The Balaban J connectivity index is 1.37. The number of para-hydroxylation sites is 2. The van der Waals surface area contributed by atoms with E-state index >= 15 is 0 Å². The molecule has 0 saturated heterocycles. The van der Waals surface area contributed by atoms with Crippen molar-refractivity contribution in [2.75, 3.05) is 0 Å². The number of thiophene rings is 1. The lowest BCUT2D eigenvalue weighted by molar-refractivity contribution is 1.08. The summed E-state index contributed by atoms with van der Waals surface area (Å²) in [6, 6.07) is 54.1. The van der Waals surface area contributed by atoms with E-state index in [2.05, 4.69) is 144 Å². The van der Waals surface area contributed by atoms with Gasteiger partial charge >= 0.3 is 0 Å². The number of nitrogens with zero attached hydrogens (tertiary/aromatic N) is 3. The lowest BCUT2D eigenvalue weighted by Gasteiger charge is -2.15. The topological polar surface area (TPSA) is 30.7 Å². The van der Waals surface area contributed by atoms with Crippen LogP contribution in [-0.4, -0.2) is 14.5 Å². The molecule has 0 aliphatic carbocycles. The molecule has 7 aromatic carbocycles. The summed E-state index contributed by atoms with van der Waals surface area (Å²) >= 11 is 1.83. The Morgan fingerprint density at radius 3 is 2.02 bits per heavy atom. The number of rotatable bonds is 3. The molecule has 0 unspecified atom stereocenters. The van der Waals surface area contributed by atoms with Crippen molar-refractivity contribution in [3.8, 4) is 28.2 Å². The first-order valence-corrected chi connectivity index (χ1v) is 16.3. The molecule has 0 fully saturated rings. The Bertz CT molecular complexity index is 2810. The average Bonchev–Trinajstić information content (AvgIpc) is 3.65. The van der Waals surface area contributed by atoms with Gasteiger partial charge in [0.25, 0.3) is 0 Å². The third-order valence-corrected chi connectivity index (χ3v) is 10.3. The molecule has 0 N–H and O–H groups in total. The summed E-state index contributed by atoms with van der Waals surface area (Å²) in [5.74, 6) is 0.837. The van der Waals surface area contributed by atoms with Gasteiger partial charge in [-0.05, 0) is 70.4 Å². The molecule has 0 atom stereocenters. The van der Waals surface area contributed by atoms with Crippen molar-refractivity contribution in [3.63, 3.8) is 0 Å². The van der Waals surface area contributed by atoms with Crippen molar-refractivity contribution in [3.05, 3.63) is 152 Å². The van der Waals surface area contributed by atoms with Gasteiger partial charge in [0.2, 0.25) is 0 Å². The molecular formula is C42H25N3S. The zero-order valence-corrected chi connectivity index (χ0v) is 25.5. The van der Waals surface area contributed by atoms with Gasteiger partial charge in [-0.25, -0.2) is 9.97 Å². The number of hydrogen-bond acceptors (Lipinski definition) is 3. The zero-order valence-electron chi connectivity index (χ0n) is 24.7. The van der Waals surface area contributed by atoms with Crippen LogP contribution in [0.15, 0.2) is 152 Å². The van der Waals surface area contributed by atoms with Crippen molar-refractivity contribution in [2.24, 2.45) is 0 Å². The van der Waals surface area contributed by atoms with E-state index in [0.717, 1.165) is 39.1 Å². The Morgan fingerprint density at radius 2 is 1.15 bits per heavy atom. The standard InChI is InChI=1S/C42H25N3S/c1-2-11-26(12-3-1)29-21-22-36-32(24-29)33-23-27-13-4-5-14-28(27)25-37(33)45(36)42-41(43-34-17-7-8-18-35(34)44-42)31-16-10-20-39-40(31)30-15-6-9-19-38(30)46-39/h1-25H. The zero-order chi connectivity index (χ0) is 30.2. The number of aromatic nitrogens is 3. The van der Waals surface area contributed by atoms with Gasteiger partial charge in [0.05, 0.1) is 22.1 Å². The molecule has 3 nitrogen and oxygen atoms in total. The average molecular weight is 604 g/mol. The van der Waals surface area contributed by atoms with Crippen LogP contribution in [0, 0.1) is 0 Å². The van der Waals surface area contributed by atoms with Crippen molar-refractivity contribution in [1.29, 1.82) is 0 Å². The summed E-state index contributed by atoms with van der Waals surface area (Å²) in [6.07, 6.45) is 0. The summed E-state index contributed by atoms with van der Waals surface area (Å²) in [4.78, 5) is 10.8. The predicted octanol–water partition coefficient (Wildman–Crippen LogP) is 11.6. The molecule has 3 aromatic heterocycles. The van der Waals surface area contributed by atoms with Crippen LogP contribution in [0.1, 0.15) is 0 Å². The summed E-state index contributed by atoms with van der Waals surface area (Å²) in [6.45, 7) is 0. The van der Waals surface area contributed by atoms with Crippen LogP contribution >= 0.6 is 11.3 Å². The quantitative estimate of drug-likeness (QED) is 0.201. The third kappa shape index (κ3) is 3.77. The summed E-state index contributed by atoms with van der Waals surface area (Å²) in [5, 5.41) is 7.29. The first kappa shape index (κ1) is 25.5. The largest absolute Gasteiger partial charge is 0.292 e. The Morgan fingerprint density at radius 1 is 0.457 bits per heavy atom. The fraction of sp³-hybridized carbons (Fsp3) is 0. The molecule has 10 rings (SSSR count). The van der Waals surface area contributed by atoms with E-state index in [1.807, 2.05) is 23.5 Å². The van der Waals surface area contributed by atoms with Crippen LogP contribution < -0.4 is 0 Å². The molecular weight excluding hydrogens is 579 g/mol. The van der Waals surface area contributed by atoms with Crippen molar-refractivity contribution in [1.82, 2.24) is 14.5 Å². The molecule has 0 spiro atoms. The van der Waals surface area contributed by atoms with Gasteiger partial charge in [-0.2, -0.15) is 0 Å². The minimum absolute atomic E-state index is 0.837. The molecule has 0 bridgehead atoms. The highest BCUT2D eigenvalue weighted by Crippen LogP contribution is 2.43. The second-order valence-electron chi connectivity index (χ2n) is 11.8. The fourth-order valence-electron chi connectivity index (χ4n) is 7.04. The first-order chi connectivity index (χ1) is 22.8. The van der Waals surface area contributed by atoms with Gasteiger partial charge in [-0.1, -0.05) is 103 Å². The Hall–Kier alpha value is -5.84. The highest BCUT2D eigenvalue weighted by Gasteiger charge is 2.22. The molecule has 10 aromatic rings. The van der Waals surface area contributed by atoms with E-state index in [4.69, 9.17) is 9.97 Å². The maximum Gasteiger partial charge on any atom is 0.165 e. The second-order valence-corrected chi connectivity index (χ2v) is 12.9. The Kier molecular flexibility index (Phi) is 5.45. The molecule has 0 radical (unpaired) electrons. The smallest absolute Gasteiger partial charge is 0.165 e. The highest BCUT2D eigenvalue weighted by molar-refractivity contribution is 7.25. The predicted molar refractivity (Wildman–Crippen MR) is 195 cm³/mol. The van der Waals surface area contributed by atoms with Crippen LogP contribution in [-0.2, 0) is 0 Å². The normalized spacial score (nSPS) is 11.9. The molecule has 214 valence electrons. The van der Waals surface area contributed by atoms with Crippen LogP contribution in [0.4, 0.5) is 0 Å². The van der Waals surface area contributed by atoms with Crippen LogP contribution in [0.2, 0.25) is 0 Å². The van der Waals surface area contributed by atoms with Gasteiger partial charge < -0.3 is 0 Å². The fourth-order valence-corrected chi connectivity index (χ4v) is 8.18. The highest BCUT2D eigenvalue weighted by atomic mass is 32.1. The van der Waals surface area contributed by atoms with E-state index in [0.29, 0.717) is 0 Å². The summed E-state index contributed by atoms with van der Waals surface area (Å²) in [5.41, 5.74) is 8.36.